The van der Waals surface area contributed by atoms with Gasteiger partial charge in [0.25, 0.3) is 5.91 Å². The van der Waals surface area contributed by atoms with Gasteiger partial charge in [0.05, 0.1) is 21.3 Å². The van der Waals surface area contributed by atoms with Crippen molar-refractivity contribution >= 4 is 5.91 Å². The van der Waals surface area contributed by atoms with Crippen LogP contribution < -0.4 is 14.2 Å². The van der Waals surface area contributed by atoms with Crippen molar-refractivity contribution in [1.29, 1.82) is 0 Å². The minimum absolute atomic E-state index is 0.0643. The monoisotopic (exact) mass is 315 g/mol. The molecule has 0 saturated heterocycles. The minimum atomic E-state index is -0.0643. The lowest BCUT2D eigenvalue weighted by atomic mass is 10.1. The zero-order chi connectivity index (χ0) is 16.8. The van der Waals surface area contributed by atoms with Crippen LogP contribution in [0.2, 0.25) is 0 Å². The third-order valence-electron chi connectivity index (χ3n) is 3.59. The Morgan fingerprint density at radius 3 is 2.09 bits per heavy atom. The summed E-state index contributed by atoms with van der Waals surface area (Å²) in [6.07, 6.45) is 0. The van der Waals surface area contributed by atoms with E-state index in [1.165, 1.54) is 0 Å². The molecule has 2 rings (SSSR count). The quantitative estimate of drug-likeness (QED) is 0.822. The molecule has 0 aliphatic carbocycles. The molecule has 0 bridgehead atoms. The average Bonchev–Trinajstić information content (AvgIpc) is 2.61. The van der Waals surface area contributed by atoms with Gasteiger partial charge in [-0.2, -0.15) is 0 Å². The van der Waals surface area contributed by atoms with Crippen molar-refractivity contribution in [2.45, 2.75) is 6.54 Å². The van der Waals surface area contributed by atoms with Crippen molar-refractivity contribution < 1.29 is 19.0 Å². The average molecular weight is 315 g/mol. The molecule has 2 aromatic rings. The number of hydrogen-bond donors (Lipinski definition) is 0. The number of carbonyl (C=O) groups excluding carboxylic acids is 1. The van der Waals surface area contributed by atoms with Crippen molar-refractivity contribution in [1.82, 2.24) is 4.90 Å². The lowest BCUT2D eigenvalue weighted by Crippen LogP contribution is -2.26. The second-order valence-corrected chi connectivity index (χ2v) is 5.07. The van der Waals surface area contributed by atoms with Gasteiger partial charge < -0.3 is 19.1 Å². The first-order valence-electron chi connectivity index (χ1n) is 7.19. The Morgan fingerprint density at radius 1 is 0.913 bits per heavy atom. The second kappa shape index (κ2) is 7.54. The summed E-state index contributed by atoms with van der Waals surface area (Å²) in [6, 6.07) is 12.6. The van der Waals surface area contributed by atoms with E-state index >= 15 is 0 Å². The number of nitrogens with zero attached hydrogens (tertiary/aromatic N) is 1. The number of hydrogen-bond acceptors (Lipinski definition) is 4. The van der Waals surface area contributed by atoms with Gasteiger partial charge in [-0.25, -0.2) is 0 Å². The molecule has 0 spiro atoms. The summed E-state index contributed by atoms with van der Waals surface area (Å²) in [4.78, 5) is 14.1. The van der Waals surface area contributed by atoms with E-state index in [1.807, 2.05) is 12.1 Å². The zero-order valence-electron chi connectivity index (χ0n) is 13.8. The third kappa shape index (κ3) is 3.94. The van der Waals surface area contributed by atoms with Gasteiger partial charge in [-0.3, -0.25) is 4.79 Å². The maximum atomic E-state index is 12.5. The second-order valence-electron chi connectivity index (χ2n) is 5.07. The normalized spacial score (nSPS) is 10.1. The van der Waals surface area contributed by atoms with Crippen LogP contribution in [0.1, 0.15) is 15.9 Å². The van der Waals surface area contributed by atoms with Crippen LogP contribution in [0, 0.1) is 0 Å². The van der Waals surface area contributed by atoms with Gasteiger partial charge in [0.15, 0.2) is 0 Å². The largest absolute Gasteiger partial charge is 0.497 e. The Morgan fingerprint density at radius 2 is 1.52 bits per heavy atom. The van der Waals surface area contributed by atoms with Gasteiger partial charge >= 0.3 is 0 Å². The Kier molecular flexibility index (Phi) is 5.46. The van der Waals surface area contributed by atoms with Crippen LogP contribution in [0.15, 0.2) is 42.5 Å². The smallest absolute Gasteiger partial charge is 0.253 e. The molecule has 0 N–H and O–H groups in total. The molecule has 0 aromatic heterocycles. The topological polar surface area (TPSA) is 48.0 Å². The number of benzene rings is 2. The Balaban J connectivity index is 2.14. The number of carbonyl (C=O) groups is 1. The highest BCUT2D eigenvalue weighted by Gasteiger charge is 2.14. The molecule has 0 heterocycles. The first-order chi connectivity index (χ1) is 11.1. The lowest BCUT2D eigenvalue weighted by molar-refractivity contribution is 0.0784. The van der Waals surface area contributed by atoms with Crippen LogP contribution in [0.4, 0.5) is 0 Å². The van der Waals surface area contributed by atoms with Gasteiger partial charge in [-0.05, 0) is 36.4 Å². The molecule has 2 aromatic carbocycles. The molecule has 0 saturated carbocycles. The molecule has 1 amide bonds. The lowest BCUT2D eigenvalue weighted by Gasteiger charge is -2.19. The molecule has 0 radical (unpaired) electrons. The number of rotatable bonds is 6. The molecule has 0 unspecified atom stereocenters. The van der Waals surface area contributed by atoms with E-state index in [2.05, 4.69) is 0 Å². The van der Waals surface area contributed by atoms with E-state index in [4.69, 9.17) is 14.2 Å². The van der Waals surface area contributed by atoms with E-state index in [0.717, 1.165) is 17.1 Å². The summed E-state index contributed by atoms with van der Waals surface area (Å²) in [5.74, 6) is 2.07. The van der Waals surface area contributed by atoms with Crippen molar-refractivity contribution in [2.75, 3.05) is 28.4 Å². The van der Waals surface area contributed by atoms with E-state index in [1.54, 1.807) is 63.6 Å². The van der Waals surface area contributed by atoms with Crippen LogP contribution >= 0.6 is 0 Å². The zero-order valence-corrected chi connectivity index (χ0v) is 13.8. The molecule has 0 atom stereocenters. The maximum Gasteiger partial charge on any atom is 0.253 e. The standard InChI is InChI=1S/C18H21NO4/c1-19(18(20)13-5-8-15(21-2)9-6-13)12-14-7-10-16(22-3)11-17(14)23-4/h5-11H,12H2,1-4H3. The Hall–Kier alpha value is -2.69. The van der Waals surface area contributed by atoms with Gasteiger partial charge in [0.2, 0.25) is 0 Å². The predicted octanol–water partition coefficient (Wildman–Crippen LogP) is 2.98. The van der Waals surface area contributed by atoms with Gasteiger partial charge in [0.1, 0.15) is 17.2 Å². The van der Waals surface area contributed by atoms with E-state index < -0.39 is 0 Å². The molecule has 0 fully saturated rings. The van der Waals surface area contributed by atoms with Gasteiger partial charge in [-0.1, -0.05) is 0 Å². The van der Waals surface area contributed by atoms with Gasteiger partial charge in [0, 0.05) is 30.8 Å². The fourth-order valence-electron chi connectivity index (χ4n) is 2.26. The van der Waals surface area contributed by atoms with Gasteiger partial charge in [-0.15, -0.1) is 0 Å². The highest BCUT2D eigenvalue weighted by Crippen LogP contribution is 2.26. The van der Waals surface area contributed by atoms with E-state index in [0.29, 0.717) is 17.9 Å². The number of ether oxygens (including phenoxy) is 3. The summed E-state index contributed by atoms with van der Waals surface area (Å²) < 4.78 is 15.7. The maximum absolute atomic E-state index is 12.5. The fraction of sp³-hybridized carbons (Fsp3) is 0.278. The SMILES string of the molecule is COc1ccc(C(=O)N(C)Cc2ccc(OC)cc2OC)cc1. The molecule has 23 heavy (non-hydrogen) atoms. The molecular formula is C18H21NO4. The first kappa shape index (κ1) is 16.7. The van der Waals surface area contributed by atoms with E-state index in [9.17, 15) is 4.79 Å². The summed E-state index contributed by atoms with van der Waals surface area (Å²) in [6.45, 7) is 0.442. The van der Waals surface area contributed by atoms with Crippen LogP contribution in [0.25, 0.3) is 0 Å². The van der Waals surface area contributed by atoms with Crippen molar-refractivity contribution in [3.63, 3.8) is 0 Å². The summed E-state index contributed by atoms with van der Waals surface area (Å²) in [5, 5.41) is 0. The summed E-state index contributed by atoms with van der Waals surface area (Å²) >= 11 is 0. The Bertz CT molecular complexity index is 667. The third-order valence-corrected chi connectivity index (χ3v) is 3.59. The first-order valence-corrected chi connectivity index (χ1v) is 7.19. The Labute approximate surface area is 136 Å². The van der Waals surface area contributed by atoms with Crippen molar-refractivity contribution in [3.05, 3.63) is 53.6 Å². The van der Waals surface area contributed by atoms with Crippen molar-refractivity contribution in [2.24, 2.45) is 0 Å². The number of methoxy groups -OCH3 is 3. The highest BCUT2D eigenvalue weighted by molar-refractivity contribution is 5.94. The van der Waals surface area contributed by atoms with E-state index in [-0.39, 0.29) is 5.91 Å². The molecule has 0 aliphatic rings. The summed E-state index contributed by atoms with van der Waals surface area (Å²) in [5.41, 5.74) is 1.53. The highest BCUT2D eigenvalue weighted by atomic mass is 16.5. The molecule has 5 heteroatoms. The van der Waals surface area contributed by atoms with Crippen LogP contribution in [-0.2, 0) is 6.54 Å². The van der Waals surface area contributed by atoms with Crippen LogP contribution in [-0.4, -0.2) is 39.2 Å². The minimum Gasteiger partial charge on any atom is -0.497 e. The summed E-state index contributed by atoms with van der Waals surface area (Å²) in [7, 11) is 6.56. The molecular weight excluding hydrogens is 294 g/mol. The molecule has 122 valence electrons. The number of amides is 1. The fourth-order valence-corrected chi connectivity index (χ4v) is 2.26. The predicted molar refractivity (Wildman–Crippen MR) is 88.3 cm³/mol. The molecule has 0 aliphatic heterocycles. The van der Waals surface area contributed by atoms with Crippen LogP contribution in [0.5, 0.6) is 17.2 Å². The van der Waals surface area contributed by atoms with Crippen LogP contribution in [0.3, 0.4) is 0 Å². The van der Waals surface area contributed by atoms with Crippen molar-refractivity contribution in [3.8, 4) is 17.2 Å². The molecule has 5 nitrogen and oxygen atoms in total.